The minimum atomic E-state index is -4.85. The molecule has 3 nitrogen and oxygen atoms in total. The Balaban J connectivity index is 4.15. The molecule has 0 aromatic heterocycles. The van der Waals surface area contributed by atoms with Gasteiger partial charge < -0.3 is 0 Å². The van der Waals surface area contributed by atoms with E-state index in [9.17, 15) is 21.6 Å². The summed E-state index contributed by atoms with van der Waals surface area (Å²) in [5.74, 6) is -0.507. The summed E-state index contributed by atoms with van der Waals surface area (Å²) in [5, 5.41) is 0. The molecular weight excluding hydrogens is 183 g/mol. The standard InChI is InChI=1S/C4H8F3NO2S/c1-2-3-11(9,10)8-4(5,6)7/h8H,2-3H2,1H3. The first-order valence-electron chi connectivity index (χ1n) is 2.85. The van der Waals surface area contributed by atoms with Gasteiger partial charge in [-0.05, 0) is 6.42 Å². The Morgan fingerprint density at radius 3 is 2.09 bits per heavy atom. The molecule has 0 unspecified atom stereocenters. The van der Waals surface area contributed by atoms with Crippen LogP contribution in [0.3, 0.4) is 0 Å². The Morgan fingerprint density at radius 2 is 1.82 bits per heavy atom. The number of hydrogen-bond acceptors (Lipinski definition) is 2. The average Bonchev–Trinajstić information content (AvgIpc) is 1.55. The summed E-state index contributed by atoms with van der Waals surface area (Å²) in [6.07, 6.45) is -4.70. The van der Waals surface area contributed by atoms with Crippen molar-refractivity contribution in [2.45, 2.75) is 19.6 Å². The van der Waals surface area contributed by atoms with Gasteiger partial charge in [-0.25, -0.2) is 8.42 Å². The van der Waals surface area contributed by atoms with E-state index in [2.05, 4.69) is 0 Å². The second-order valence-electron chi connectivity index (χ2n) is 1.92. The van der Waals surface area contributed by atoms with E-state index >= 15 is 0 Å². The van der Waals surface area contributed by atoms with Crippen LogP contribution < -0.4 is 4.72 Å². The van der Waals surface area contributed by atoms with Crippen molar-refractivity contribution in [3.63, 3.8) is 0 Å². The van der Waals surface area contributed by atoms with Crippen molar-refractivity contribution < 1.29 is 21.6 Å². The molecule has 1 N–H and O–H groups in total. The first-order chi connectivity index (χ1) is 4.77. The van der Waals surface area contributed by atoms with E-state index in [4.69, 9.17) is 0 Å². The molecule has 0 bridgehead atoms. The smallest absolute Gasteiger partial charge is 0.212 e. The lowest BCUT2D eigenvalue weighted by Gasteiger charge is -2.07. The third-order valence-electron chi connectivity index (χ3n) is 0.744. The number of nitrogens with one attached hydrogen (secondary N) is 1. The molecule has 0 aliphatic heterocycles. The molecular formula is C4H8F3NO2S. The van der Waals surface area contributed by atoms with Crippen LogP contribution in [0.4, 0.5) is 13.2 Å². The van der Waals surface area contributed by atoms with Gasteiger partial charge in [-0.3, -0.25) is 0 Å². The highest BCUT2D eigenvalue weighted by Gasteiger charge is 2.33. The van der Waals surface area contributed by atoms with Crippen LogP contribution in [0, 0.1) is 0 Å². The predicted octanol–water partition coefficient (Wildman–Crippen LogP) is 0.836. The number of hydrogen-bond donors (Lipinski definition) is 1. The molecule has 0 fully saturated rings. The maximum absolute atomic E-state index is 11.4. The molecule has 0 aromatic carbocycles. The minimum Gasteiger partial charge on any atom is -0.212 e. The Bertz CT molecular complexity index is 208. The molecule has 0 aliphatic carbocycles. The van der Waals surface area contributed by atoms with Crippen LogP contribution in [0.15, 0.2) is 0 Å². The van der Waals surface area contributed by atoms with Gasteiger partial charge in [0.2, 0.25) is 10.0 Å². The minimum absolute atomic E-state index is 0.158. The molecule has 0 aliphatic rings. The highest BCUT2D eigenvalue weighted by atomic mass is 32.2. The second-order valence-corrected chi connectivity index (χ2v) is 3.76. The molecule has 0 rings (SSSR count). The van der Waals surface area contributed by atoms with Crippen LogP contribution >= 0.6 is 0 Å². The van der Waals surface area contributed by atoms with Crippen molar-refractivity contribution in [1.82, 2.24) is 4.72 Å². The molecule has 0 heterocycles. The van der Waals surface area contributed by atoms with Gasteiger partial charge in [0, 0.05) is 0 Å². The van der Waals surface area contributed by atoms with Gasteiger partial charge in [0.05, 0.1) is 5.75 Å². The van der Waals surface area contributed by atoms with Gasteiger partial charge in [-0.15, -0.1) is 4.72 Å². The Kier molecular flexibility index (Phi) is 3.30. The van der Waals surface area contributed by atoms with Crippen LogP contribution in [0.1, 0.15) is 13.3 Å². The molecule has 68 valence electrons. The summed E-state index contributed by atoms with van der Waals surface area (Å²) in [7, 11) is -4.16. The van der Waals surface area contributed by atoms with E-state index in [1.54, 1.807) is 0 Å². The fourth-order valence-corrected chi connectivity index (χ4v) is 1.49. The second kappa shape index (κ2) is 3.40. The third-order valence-corrected chi connectivity index (χ3v) is 2.23. The summed E-state index contributed by atoms with van der Waals surface area (Å²) in [4.78, 5) is 0. The SMILES string of the molecule is CCCS(=O)(=O)NC(F)(F)F. The molecule has 7 heteroatoms. The first kappa shape index (κ1) is 10.7. The van der Waals surface area contributed by atoms with E-state index in [1.807, 2.05) is 0 Å². The highest BCUT2D eigenvalue weighted by molar-refractivity contribution is 7.89. The van der Waals surface area contributed by atoms with Crippen molar-refractivity contribution in [3.05, 3.63) is 0 Å². The van der Waals surface area contributed by atoms with E-state index in [-0.39, 0.29) is 6.42 Å². The summed E-state index contributed by atoms with van der Waals surface area (Å²) in [6, 6.07) is 0. The molecule has 0 atom stereocenters. The largest absolute Gasteiger partial charge is 0.470 e. The lowest BCUT2D eigenvalue weighted by molar-refractivity contribution is -0.138. The normalized spacial score (nSPS) is 13.5. The van der Waals surface area contributed by atoms with E-state index in [0.29, 0.717) is 4.72 Å². The summed E-state index contributed by atoms with van der Waals surface area (Å²) in [6.45, 7) is 1.48. The van der Waals surface area contributed by atoms with Crippen molar-refractivity contribution in [2.24, 2.45) is 0 Å². The maximum atomic E-state index is 11.4. The van der Waals surface area contributed by atoms with E-state index in [0.717, 1.165) is 0 Å². The first-order valence-corrected chi connectivity index (χ1v) is 4.50. The van der Waals surface area contributed by atoms with Gasteiger partial charge in [-0.1, -0.05) is 6.92 Å². The molecule has 11 heavy (non-hydrogen) atoms. The zero-order chi connectivity index (χ0) is 9.12. The Labute approximate surface area is 62.6 Å². The van der Waals surface area contributed by atoms with Gasteiger partial charge in [0.1, 0.15) is 0 Å². The monoisotopic (exact) mass is 191 g/mol. The fraction of sp³-hybridized carbons (Fsp3) is 1.00. The number of sulfonamides is 1. The topological polar surface area (TPSA) is 46.2 Å². The van der Waals surface area contributed by atoms with Crippen molar-refractivity contribution in [3.8, 4) is 0 Å². The van der Waals surface area contributed by atoms with Crippen molar-refractivity contribution >= 4 is 10.0 Å². The van der Waals surface area contributed by atoms with Gasteiger partial charge >= 0.3 is 6.30 Å². The van der Waals surface area contributed by atoms with Crippen LogP contribution in [0.2, 0.25) is 0 Å². The number of halogens is 3. The number of rotatable bonds is 3. The zero-order valence-electron chi connectivity index (χ0n) is 5.77. The van der Waals surface area contributed by atoms with Crippen LogP contribution in [0.25, 0.3) is 0 Å². The van der Waals surface area contributed by atoms with E-state index in [1.165, 1.54) is 6.92 Å². The molecule has 0 radical (unpaired) electrons. The predicted molar refractivity (Wildman–Crippen MR) is 33.3 cm³/mol. The Hall–Kier alpha value is -0.300. The molecule has 0 spiro atoms. The molecule has 0 saturated carbocycles. The molecule has 0 aromatic rings. The Morgan fingerprint density at radius 1 is 1.36 bits per heavy atom. The lowest BCUT2D eigenvalue weighted by atomic mass is 10.6. The van der Waals surface area contributed by atoms with Crippen LogP contribution in [-0.2, 0) is 10.0 Å². The fourth-order valence-electron chi connectivity index (χ4n) is 0.496. The maximum Gasteiger partial charge on any atom is 0.470 e. The average molecular weight is 191 g/mol. The van der Waals surface area contributed by atoms with Gasteiger partial charge in [0.15, 0.2) is 0 Å². The third kappa shape index (κ3) is 6.11. The van der Waals surface area contributed by atoms with Gasteiger partial charge in [0.25, 0.3) is 0 Å². The quantitative estimate of drug-likeness (QED) is 0.672. The van der Waals surface area contributed by atoms with Crippen LogP contribution in [-0.4, -0.2) is 20.5 Å². The lowest BCUT2D eigenvalue weighted by Crippen LogP contribution is -2.38. The summed E-state index contributed by atoms with van der Waals surface area (Å²) in [5.41, 5.74) is 0. The molecule has 0 amide bonds. The van der Waals surface area contributed by atoms with E-state index < -0.39 is 22.1 Å². The van der Waals surface area contributed by atoms with Gasteiger partial charge in [-0.2, -0.15) is 13.2 Å². The zero-order valence-corrected chi connectivity index (χ0v) is 6.59. The van der Waals surface area contributed by atoms with Crippen molar-refractivity contribution in [1.29, 1.82) is 0 Å². The van der Waals surface area contributed by atoms with Crippen LogP contribution in [0.5, 0.6) is 0 Å². The molecule has 0 saturated heterocycles. The number of alkyl halides is 3. The summed E-state index contributed by atoms with van der Waals surface area (Å²) < 4.78 is 55.6. The van der Waals surface area contributed by atoms with Crippen molar-refractivity contribution in [2.75, 3.05) is 5.75 Å². The highest BCUT2D eigenvalue weighted by Crippen LogP contribution is 2.11. The summed E-state index contributed by atoms with van der Waals surface area (Å²) >= 11 is 0.